The molecule has 92 valence electrons. The number of hydrogen-bond donors (Lipinski definition) is 0. The monoisotopic (exact) mass is 250 g/mol. The lowest BCUT2D eigenvalue weighted by Gasteiger charge is -2.18. The normalized spacial score (nSPS) is 14.5. The molecule has 3 heteroatoms. The molecule has 1 aliphatic carbocycles. The first-order chi connectivity index (χ1) is 8.33. The van der Waals surface area contributed by atoms with Crippen molar-refractivity contribution >= 4 is 17.5 Å². The molecular formula is C14H18O2S. The van der Waals surface area contributed by atoms with Gasteiger partial charge in [-0.05, 0) is 37.3 Å². The summed E-state index contributed by atoms with van der Waals surface area (Å²) in [6.07, 6.45) is 5.77. The van der Waals surface area contributed by atoms with Gasteiger partial charge in [-0.2, -0.15) is 11.8 Å². The second kappa shape index (κ2) is 6.10. The number of thioether (sulfide) groups is 1. The molecule has 17 heavy (non-hydrogen) atoms. The minimum absolute atomic E-state index is 0.265. The van der Waals surface area contributed by atoms with Crippen LogP contribution in [0.2, 0.25) is 0 Å². The van der Waals surface area contributed by atoms with Crippen molar-refractivity contribution in [1.82, 2.24) is 0 Å². The lowest BCUT2D eigenvalue weighted by atomic mass is 9.90. The molecule has 0 fully saturated rings. The van der Waals surface area contributed by atoms with Crippen LogP contribution < -0.4 is 4.74 Å². The molecule has 0 radical (unpaired) electrons. The smallest absolute Gasteiger partial charge is 0.163 e. The van der Waals surface area contributed by atoms with Crippen LogP contribution in [-0.2, 0) is 6.42 Å². The molecule has 1 aromatic carbocycles. The van der Waals surface area contributed by atoms with E-state index in [1.807, 2.05) is 30.0 Å². The van der Waals surface area contributed by atoms with Crippen molar-refractivity contribution in [2.75, 3.05) is 18.6 Å². The van der Waals surface area contributed by atoms with E-state index in [-0.39, 0.29) is 5.78 Å². The Balaban J connectivity index is 2.07. The number of rotatable bonds is 5. The molecule has 0 spiro atoms. The molecule has 1 aliphatic rings. The molecule has 0 aliphatic heterocycles. The van der Waals surface area contributed by atoms with E-state index in [1.54, 1.807) is 0 Å². The van der Waals surface area contributed by atoms with E-state index in [2.05, 4.69) is 6.26 Å². The predicted octanol–water partition coefficient (Wildman–Crippen LogP) is 3.34. The third-order valence-electron chi connectivity index (χ3n) is 3.01. The second-order valence-corrected chi connectivity index (χ2v) is 5.24. The number of fused-ring (bicyclic) bond motifs is 1. The fraction of sp³-hybridized carbons (Fsp3) is 0.500. The molecule has 0 unspecified atom stereocenters. The summed E-state index contributed by atoms with van der Waals surface area (Å²) in [4.78, 5) is 11.8. The van der Waals surface area contributed by atoms with Crippen molar-refractivity contribution in [1.29, 1.82) is 0 Å². The number of ketones is 1. The lowest BCUT2D eigenvalue weighted by Crippen LogP contribution is -2.12. The van der Waals surface area contributed by atoms with Crippen LogP contribution >= 0.6 is 11.8 Å². The summed E-state index contributed by atoms with van der Waals surface area (Å²) < 4.78 is 5.79. The van der Waals surface area contributed by atoms with Crippen molar-refractivity contribution < 1.29 is 9.53 Å². The van der Waals surface area contributed by atoms with Gasteiger partial charge < -0.3 is 4.74 Å². The van der Waals surface area contributed by atoms with E-state index >= 15 is 0 Å². The summed E-state index contributed by atoms with van der Waals surface area (Å²) in [7, 11) is 0. The number of benzene rings is 1. The number of carbonyl (C=O) groups is 1. The van der Waals surface area contributed by atoms with E-state index in [4.69, 9.17) is 4.74 Å². The van der Waals surface area contributed by atoms with Gasteiger partial charge >= 0.3 is 0 Å². The maximum absolute atomic E-state index is 11.8. The third kappa shape index (κ3) is 3.03. The molecule has 0 aromatic heterocycles. The first-order valence-corrected chi connectivity index (χ1v) is 7.49. The highest BCUT2D eigenvalue weighted by atomic mass is 32.2. The number of Topliss-reactive ketones (excluding diaryl/α,β-unsaturated/α-hetero) is 1. The average Bonchev–Trinajstić information content (AvgIpc) is 2.36. The SMILES string of the molecule is CSCCCOc1cccc2c1CCCC2=O. The molecular weight excluding hydrogens is 232 g/mol. The molecule has 0 saturated carbocycles. The van der Waals surface area contributed by atoms with Gasteiger partial charge in [0.2, 0.25) is 0 Å². The van der Waals surface area contributed by atoms with Crippen LogP contribution in [0.5, 0.6) is 5.75 Å². The van der Waals surface area contributed by atoms with Crippen LogP contribution in [0.25, 0.3) is 0 Å². The van der Waals surface area contributed by atoms with Crippen LogP contribution in [0.4, 0.5) is 0 Å². The molecule has 0 atom stereocenters. The molecule has 0 amide bonds. The van der Waals surface area contributed by atoms with Crippen LogP contribution in [-0.4, -0.2) is 24.4 Å². The van der Waals surface area contributed by atoms with Crippen LogP contribution in [0.3, 0.4) is 0 Å². The topological polar surface area (TPSA) is 26.3 Å². The largest absolute Gasteiger partial charge is 0.493 e. The Bertz CT molecular complexity index is 401. The summed E-state index contributed by atoms with van der Waals surface area (Å²) in [6.45, 7) is 0.742. The Labute approximate surface area is 107 Å². The standard InChI is InChI=1S/C14H18O2S/c1-17-10-4-9-16-14-8-3-5-11-12(14)6-2-7-13(11)15/h3,5,8H,2,4,6-7,9-10H2,1H3. The molecule has 0 heterocycles. The summed E-state index contributed by atoms with van der Waals surface area (Å²) in [5, 5.41) is 0. The zero-order valence-corrected chi connectivity index (χ0v) is 11.0. The number of carbonyl (C=O) groups excluding carboxylic acids is 1. The molecule has 2 nitrogen and oxygen atoms in total. The Morgan fingerprint density at radius 1 is 1.35 bits per heavy atom. The van der Waals surface area contributed by atoms with Crippen molar-refractivity contribution in [3.05, 3.63) is 29.3 Å². The van der Waals surface area contributed by atoms with E-state index in [0.29, 0.717) is 6.42 Å². The highest BCUT2D eigenvalue weighted by Crippen LogP contribution is 2.29. The number of ether oxygens (including phenoxy) is 1. The lowest BCUT2D eigenvalue weighted by molar-refractivity contribution is 0.0971. The molecule has 1 aromatic rings. The van der Waals surface area contributed by atoms with E-state index in [9.17, 15) is 4.79 Å². The van der Waals surface area contributed by atoms with Gasteiger partial charge in [-0.25, -0.2) is 0 Å². The van der Waals surface area contributed by atoms with Gasteiger partial charge in [0.25, 0.3) is 0 Å². The maximum Gasteiger partial charge on any atom is 0.163 e. The molecule has 0 bridgehead atoms. The van der Waals surface area contributed by atoms with E-state index in [1.165, 1.54) is 0 Å². The van der Waals surface area contributed by atoms with Crippen molar-refractivity contribution in [2.24, 2.45) is 0 Å². The van der Waals surface area contributed by atoms with Crippen molar-refractivity contribution in [3.63, 3.8) is 0 Å². The molecule has 2 rings (SSSR count). The van der Waals surface area contributed by atoms with Crippen LogP contribution in [0.1, 0.15) is 35.2 Å². The van der Waals surface area contributed by atoms with Gasteiger partial charge in [-0.15, -0.1) is 0 Å². The number of hydrogen-bond acceptors (Lipinski definition) is 3. The van der Waals surface area contributed by atoms with Gasteiger partial charge in [0.05, 0.1) is 6.61 Å². The van der Waals surface area contributed by atoms with E-state index in [0.717, 1.165) is 48.5 Å². The van der Waals surface area contributed by atoms with Gasteiger partial charge in [-0.1, -0.05) is 12.1 Å². The van der Waals surface area contributed by atoms with Gasteiger partial charge in [-0.3, -0.25) is 4.79 Å². The Morgan fingerprint density at radius 2 is 2.24 bits per heavy atom. The van der Waals surface area contributed by atoms with E-state index < -0.39 is 0 Å². The highest BCUT2D eigenvalue weighted by Gasteiger charge is 2.19. The van der Waals surface area contributed by atoms with Crippen molar-refractivity contribution in [3.8, 4) is 5.75 Å². The zero-order valence-electron chi connectivity index (χ0n) is 10.2. The highest BCUT2D eigenvalue weighted by molar-refractivity contribution is 7.98. The van der Waals surface area contributed by atoms with Crippen LogP contribution in [0.15, 0.2) is 18.2 Å². The summed E-state index contributed by atoms with van der Waals surface area (Å²) >= 11 is 1.83. The quantitative estimate of drug-likeness (QED) is 0.750. The Hall–Kier alpha value is -0.960. The first kappa shape index (κ1) is 12.5. The predicted molar refractivity (Wildman–Crippen MR) is 72.2 cm³/mol. The first-order valence-electron chi connectivity index (χ1n) is 6.09. The minimum Gasteiger partial charge on any atom is -0.493 e. The van der Waals surface area contributed by atoms with Crippen LogP contribution in [0, 0.1) is 0 Å². The van der Waals surface area contributed by atoms with Gasteiger partial charge in [0.15, 0.2) is 5.78 Å². The minimum atomic E-state index is 0.265. The summed E-state index contributed by atoms with van der Waals surface area (Å²) in [5.74, 6) is 2.30. The average molecular weight is 250 g/mol. The Kier molecular flexibility index (Phi) is 4.49. The summed E-state index contributed by atoms with van der Waals surface area (Å²) in [5.41, 5.74) is 1.99. The third-order valence-corrected chi connectivity index (χ3v) is 3.71. The van der Waals surface area contributed by atoms with Gasteiger partial charge in [0.1, 0.15) is 5.75 Å². The molecule has 0 N–H and O–H groups in total. The Morgan fingerprint density at radius 3 is 3.06 bits per heavy atom. The fourth-order valence-corrected chi connectivity index (χ4v) is 2.57. The fourth-order valence-electron chi connectivity index (χ4n) is 2.17. The summed E-state index contributed by atoms with van der Waals surface area (Å²) in [6, 6.07) is 5.83. The maximum atomic E-state index is 11.8. The van der Waals surface area contributed by atoms with Crippen molar-refractivity contribution in [2.45, 2.75) is 25.7 Å². The zero-order chi connectivity index (χ0) is 12.1. The molecule has 0 saturated heterocycles. The second-order valence-electron chi connectivity index (χ2n) is 4.25. The van der Waals surface area contributed by atoms with Gasteiger partial charge in [0, 0.05) is 17.5 Å².